The average Bonchev–Trinajstić information content (AvgIpc) is 2.96. The van der Waals surface area contributed by atoms with Gasteiger partial charge in [0.2, 0.25) is 0 Å². The van der Waals surface area contributed by atoms with Crippen molar-refractivity contribution in [2.24, 2.45) is 10.9 Å². The number of alkyl halides is 3. The van der Waals surface area contributed by atoms with Crippen LogP contribution in [0.3, 0.4) is 0 Å². The van der Waals surface area contributed by atoms with Gasteiger partial charge >= 0.3 is 6.18 Å². The molecule has 2 rings (SSSR count). The Morgan fingerprint density at radius 1 is 1.48 bits per heavy atom. The lowest BCUT2D eigenvalue weighted by molar-refractivity contribution is -0.183. The Morgan fingerprint density at radius 3 is 2.90 bits per heavy atom. The quantitative estimate of drug-likeness (QED) is 0.665. The number of hydrogen-bond donors (Lipinski definition) is 2. The van der Waals surface area contributed by atoms with Crippen LogP contribution in [0.25, 0.3) is 0 Å². The first-order valence-corrected chi connectivity index (χ1v) is 6.92. The molecule has 0 amide bonds. The standard InChI is InChI=1S/C13H19F3N4O/c1-17-12(18-8-11-5-6-21-20-11)19-10-4-2-3-9(7-10)13(14,15)16/h5-6,9-10H,2-4,7-8H2,1H3,(H2,17,18,19). The summed E-state index contributed by atoms with van der Waals surface area (Å²) >= 11 is 0. The number of guanidine groups is 1. The lowest BCUT2D eigenvalue weighted by Crippen LogP contribution is -2.46. The minimum absolute atomic E-state index is 0.0914. The van der Waals surface area contributed by atoms with Gasteiger partial charge in [-0.3, -0.25) is 4.99 Å². The van der Waals surface area contributed by atoms with E-state index in [9.17, 15) is 13.2 Å². The molecule has 0 bridgehead atoms. The molecule has 1 aromatic heterocycles. The van der Waals surface area contributed by atoms with E-state index < -0.39 is 12.1 Å². The van der Waals surface area contributed by atoms with Crippen LogP contribution in [0.1, 0.15) is 31.4 Å². The first-order valence-electron chi connectivity index (χ1n) is 6.92. The summed E-state index contributed by atoms with van der Waals surface area (Å²) in [7, 11) is 1.59. The second kappa shape index (κ2) is 6.82. The van der Waals surface area contributed by atoms with E-state index >= 15 is 0 Å². The van der Waals surface area contributed by atoms with Gasteiger partial charge in [0.25, 0.3) is 0 Å². The van der Waals surface area contributed by atoms with Crippen LogP contribution in [0.4, 0.5) is 13.2 Å². The highest BCUT2D eigenvalue weighted by Crippen LogP contribution is 2.37. The fourth-order valence-electron chi connectivity index (χ4n) is 2.51. The van der Waals surface area contributed by atoms with E-state index in [1.165, 1.54) is 6.26 Å². The molecule has 2 unspecified atom stereocenters. The molecule has 0 aliphatic heterocycles. The number of aliphatic imine (C=N–C) groups is 1. The van der Waals surface area contributed by atoms with E-state index in [2.05, 4.69) is 20.8 Å². The maximum Gasteiger partial charge on any atom is 0.391 e. The summed E-state index contributed by atoms with van der Waals surface area (Å²) in [5.74, 6) is -0.747. The Kier molecular flexibility index (Phi) is 5.08. The van der Waals surface area contributed by atoms with Crippen LogP contribution in [0.15, 0.2) is 21.8 Å². The van der Waals surface area contributed by atoms with Crippen molar-refractivity contribution in [2.45, 2.75) is 44.4 Å². The predicted molar refractivity (Wildman–Crippen MR) is 71.6 cm³/mol. The molecule has 21 heavy (non-hydrogen) atoms. The van der Waals surface area contributed by atoms with Crippen molar-refractivity contribution in [1.29, 1.82) is 0 Å². The molecule has 5 nitrogen and oxygen atoms in total. The van der Waals surface area contributed by atoms with Crippen molar-refractivity contribution >= 4 is 5.96 Å². The zero-order valence-electron chi connectivity index (χ0n) is 11.8. The van der Waals surface area contributed by atoms with E-state index in [4.69, 9.17) is 4.52 Å². The zero-order valence-corrected chi connectivity index (χ0v) is 11.8. The molecule has 0 aromatic carbocycles. The maximum absolute atomic E-state index is 12.8. The van der Waals surface area contributed by atoms with Gasteiger partial charge in [-0.1, -0.05) is 11.6 Å². The topological polar surface area (TPSA) is 62.5 Å². The highest BCUT2D eigenvalue weighted by Gasteiger charge is 2.42. The highest BCUT2D eigenvalue weighted by atomic mass is 19.4. The second-order valence-electron chi connectivity index (χ2n) is 5.16. The van der Waals surface area contributed by atoms with E-state index in [1.54, 1.807) is 13.1 Å². The van der Waals surface area contributed by atoms with Crippen molar-refractivity contribution in [3.05, 3.63) is 18.0 Å². The summed E-state index contributed by atoms with van der Waals surface area (Å²) < 4.78 is 43.0. The fourth-order valence-corrected chi connectivity index (χ4v) is 2.51. The smallest absolute Gasteiger partial charge is 0.364 e. The first-order chi connectivity index (χ1) is 9.99. The van der Waals surface area contributed by atoms with Crippen molar-refractivity contribution in [3.8, 4) is 0 Å². The predicted octanol–water partition coefficient (Wildman–Crippen LogP) is 2.46. The van der Waals surface area contributed by atoms with Gasteiger partial charge in [-0.2, -0.15) is 13.2 Å². The number of nitrogens with one attached hydrogen (secondary N) is 2. The third-order valence-electron chi connectivity index (χ3n) is 3.63. The van der Waals surface area contributed by atoms with Crippen LogP contribution in [0.2, 0.25) is 0 Å². The average molecular weight is 304 g/mol. The maximum atomic E-state index is 12.8. The summed E-state index contributed by atoms with van der Waals surface area (Å²) in [5.41, 5.74) is 0.703. The van der Waals surface area contributed by atoms with Crippen LogP contribution in [-0.2, 0) is 6.54 Å². The van der Waals surface area contributed by atoms with E-state index in [0.717, 1.165) is 6.42 Å². The summed E-state index contributed by atoms with van der Waals surface area (Å²) in [6.07, 6.45) is -1.06. The number of halogens is 3. The van der Waals surface area contributed by atoms with Gasteiger partial charge in [-0.15, -0.1) is 0 Å². The van der Waals surface area contributed by atoms with Crippen LogP contribution < -0.4 is 10.6 Å². The Bertz CT molecular complexity index is 458. The molecular formula is C13H19F3N4O. The zero-order chi connectivity index (χ0) is 15.3. The summed E-state index contributed by atoms with van der Waals surface area (Å²) in [5, 5.41) is 9.80. The summed E-state index contributed by atoms with van der Waals surface area (Å²) in [4.78, 5) is 4.02. The van der Waals surface area contributed by atoms with Gasteiger partial charge in [0, 0.05) is 19.2 Å². The Labute approximate surface area is 121 Å². The fraction of sp³-hybridized carbons (Fsp3) is 0.692. The van der Waals surface area contributed by atoms with Crippen molar-refractivity contribution < 1.29 is 17.7 Å². The van der Waals surface area contributed by atoms with Gasteiger partial charge in [0.15, 0.2) is 5.96 Å². The van der Waals surface area contributed by atoms with Crippen LogP contribution in [-0.4, -0.2) is 30.4 Å². The molecule has 1 heterocycles. The summed E-state index contributed by atoms with van der Waals surface area (Å²) in [6.45, 7) is 0.408. The van der Waals surface area contributed by atoms with Gasteiger partial charge in [-0.05, 0) is 19.3 Å². The Balaban J connectivity index is 1.84. The molecular weight excluding hydrogens is 285 g/mol. The monoisotopic (exact) mass is 304 g/mol. The lowest BCUT2D eigenvalue weighted by atomic mass is 9.85. The van der Waals surface area contributed by atoms with Crippen LogP contribution in [0.5, 0.6) is 0 Å². The van der Waals surface area contributed by atoms with E-state index in [1.807, 2.05) is 0 Å². The van der Waals surface area contributed by atoms with Crippen molar-refractivity contribution in [3.63, 3.8) is 0 Å². The third kappa shape index (κ3) is 4.64. The molecule has 8 heteroatoms. The molecule has 2 atom stereocenters. The molecule has 0 spiro atoms. The number of aromatic nitrogens is 1. The number of hydrogen-bond acceptors (Lipinski definition) is 3. The van der Waals surface area contributed by atoms with Crippen molar-refractivity contribution in [2.75, 3.05) is 7.05 Å². The third-order valence-corrected chi connectivity index (χ3v) is 3.63. The molecule has 1 saturated carbocycles. The molecule has 0 radical (unpaired) electrons. The molecule has 1 aliphatic rings. The highest BCUT2D eigenvalue weighted by molar-refractivity contribution is 5.79. The molecule has 0 saturated heterocycles. The van der Waals surface area contributed by atoms with Crippen LogP contribution >= 0.6 is 0 Å². The molecule has 1 aromatic rings. The SMILES string of the molecule is CN=C(NCc1ccon1)NC1CCCC(C(F)(F)F)C1. The van der Waals surface area contributed by atoms with Gasteiger partial charge in [-0.25, -0.2) is 0 Å². The molecule has 1 aliphatic carbocycles. The van der Waals surface area contributed by atoms with Gasteiger partial charge < -0.3 is 15.2 Å². The molecule has 2 N–H and O–H groups in total. The molecule has 118 valence electrons. The number of rotatable bonds is 3. The first kappa shape index (κ1) is 15.7. The minimum Gasteiger partial charge on any atom is -0.364 e. The normalized spacial score (nSPS) is 23.9. The van der Waals surface area contributed by atoms with Gasteiger partial charge in [0.1, 0.15) is 12.0 Å². The van der Waals surface area contributed by atoms with Gasteiger partial charge in [0.05, 0.1) is 12.5 Å². The van der Waals surface area contributed by atoms with Crippen molar-refractivity contribution in [1.82, 2.24) is 15.8 Å². The summed E-state index contributed by atoms with van der Waals surface area (Å²) in [6, 6.07) is 1.49. The van der Waals surface area contributed by atoms with E-state index in [-0.39, 0.29) is 18.9 Å². The number of nitrogens with zero attached hydrogens (tertiary/aromatic N) is 2. The Morgan fingerprint density at radius 2 is 2.29 bits per heavy atom. The molecule has 1 fully saturated rings. The second-order valence-corrected chi connectivity index (χ2v) is 5.16. The minimum atomic E-state index is -4.11. The van der Waals surface area contributed by atoms with Crippen LogP contribution in [0, 0.1) is 5.92 Å². The largest absolute Gasteiger partial charge is 0.391 e. The lowest BCUT2D eigenvalue weighted by Gasteiger charge is -2.31. The Hall–Kier alpha value is -1.73. The van der Waals surface area contributed by atoms with E-state index in [0.29, 0.717) is 24.6 Å².